The molecule has 190 valence electrons. The van der Waals surface area contributed by atoms with Crippen molar-refractivity contribution in [2.24, 2.45) is 0 Å². The van der Waals surface area contributed by atoms with Gasteiger partial charge >= 0.3 is 0 Å². The van der Waals surface area contributed by atoms with Gasteiger partial charge in [-0.3, -0.25) is 14.4 Å². The summed E-state index contributed by atoms with van der Waals surface area (Å²) in [5, 5.41) is 8.01. The molecule has 5 rings (SSSR count). The van der Waals surface area contributed by atoms with E-state index in [4.69, 9.17) is 14.6 Å². The molecule has 1 saturated heterocycles. The number of amides is 1. The first-order chi connectivity index (χ1) is 18.2. The van der Waals surface area contributed by atoms with Crippen molar-refractivity contribution in [1.82, 2.24) is 20.0 Å². The summed E-state index contributed by atoms with van der Waals surface area (Å²) in [6, 6.07) is 28.1. The topological polar surface area (TPSA) is 68.6 Å². The molecule has 1 aromatic heterocycles. The van der Waals surface area contributed by atoms with Crippen LogP contribution >= 0.6 is 0 Å². The second kappa shape index (κ2) is 11.9. The molecular weight excluding hydrogens is 464 g/mol. The first-order valence-corrected chi connectivity index (χ1v) is 12.6. The molecule has 37 heavy (non-hydrogen) atoms. The summed E-state index contributed by atoms with van der Waals surface area (Å²) in [5.41, 5.74) is 4.42. The molecule has 1 amide bonds. The van der Waals surface area contributed by atoms with E-state index in [0.717, 1.165) is 35.5 Å². The van der Waals surface area contributed by atoms with E-state index in [2.05, 4.69) is 34.5 Å². The van der Waals surface area contributed by atoms with Crippen LogP contribution in [0.4, 0.5) is 0 Å². The molecule has 1 aliphatic heterocycles. The highest BCUT2D eigenvalue weighted by Gasteiger charge is 2.25. The zero-order valence-corrected chi connectivity index (χ0v) is 21.0. The van der Waals surface area contributed by atoms with Crippen molar-refractivity contribution >= 4 is 5.91 Å². The van der Waals surface area contributed by atoms with Gasteiger partial charge in [0.05, 0.1) is 38.5 Å². The highest BCUT2D eigenvalue weighted by Crippen LogP contribution is 2.25. The molecular formula is C30H32N4O3. The first kappa shape index (κ1) is 24.7. The van der Waals surface area contributed by atoms with Gasteiger partial charge in [-0.1, -0.05) is 72.8 Å². The quantitative estimate of drug-likeness (QED) is 0.372. The molecule has 1 N–H and O–H groups in total. The predicted octanol–water partition coefficient (Wildman–Crippen LogP) is 4.41. The molecule has 7 heteroatoms. The molecule has 7 nitrogen and oxygen atoms in total. The van der Waals surface area contributed by atoms with Crippen molar-refractivity contribution in [3.63, 3.8) is 0 Å². The lowest BCUT2D eigenvalue weighted by Gasteiger charge is -2.35. The molecule has 0 unspecified atom stereocenters. The molecule has 2 heterocycles. The van der Waals surface area contributed by atoms with Crippen LogP contribution < -0.4 is 10.1 Å². The minimum atomic E-state index is -0.134. The van der Waals surface area contributed by atoms with E-state index in [1.807, 2.05) is 71.5 Å². The Bertz CT molecular complexity index is 1280. The fourth-order valence-electron chi connectivity index (χ4n) is 4.71. The van der Waals surface area contributed by atoms with Crippen molar-refractivity contribution in [2.45, 2.75) is 12.6 Å². The van der Waals surface area contributed by atoms with Crippen molar-refractivity contribution in [3.05, 3.63) is 108 Å². The van der Waals surface area contributed by atoms with Gasteiger partial charge in [-0.25, -0.2) is 0 Å². The number of hydrogen-bond acceptors (Lipinski definition) is 5. The number of morpholine rings is 1. The van der Waals surface area contributed by atoms with Crippen molar-refractivity contribution in [3.8, 4) is 17.0 Å². The Morgan fingerprint density at radius 1 is 0.973 bits per heavy atom. The Balaban J connectivity index is 1.39. The number of benzene rings is 3. The Morgan fingerprint density at radius 2 is 1.65 bits per heavy atom. The normalized spacial score (nSPS) is 14.7. The highest BCUT2D eigenvalue weighted by molar-refractivity contribution is 5.99. The van der Waals surface area contributed by atoms with E-state index in [9.17, 15) is 4.79 Å². The summed E-state index contributed by atoms with van der Waals surface area (Å²) in [6.45, 7) is 4.07. The van der Waals surface area contributed by atoms with E-state index in [1.54, 1.807) is 7.11 Å². The number of carbonyl (C=O) groups is 1. The standard InChI is InChI=1S/C30H32N4O3/c1-36-26-14-12-24(13-15-26)28(33-16-18-37-19-17-33)20-31-30(35)27-22-34(21-23-8-4-2-5-9-23)32-29(27)25-10-6-3-7-11-25/h2-15,22,28H,16-21H2,1H3,(H,31,35)/t28-/m1/s1. The summed E-state index contributed by atoms with van der Waals surface area (Å²) in [4.78, 5) is 16.0. The highest BCUT2D eigenvalue weighted by atomic mass is 16.5. The van der Waals surface area contributed by atoms with Crippen LogP contribution in [0.15, 0.2) is 91.1 Å². The fraction of sp³-hybridized carbons (Fsp3) is 0.267. The predicted molar refractivity (Wildman–Crippen MR) is 144 cm³/mol. The smallest absolute Gasteiger partial charge is 0.255 e. The van der Waals surface area contributed by atoms with E-state index in [0.29, 0.717) is 37.6 Å². The molecule has 0 radical (unpaired) electrons. The van der Waals surface area contributed by atoms with E-state index in [1.165, 1.54) is 0 Å². The third-order valence-electron chi connectivity index (χ3n) is 6.68. The van der Waals surface area contributed by atoms with E-state index >= 15 is 0 Å². The van der Waals surface area contributed by atoms with Crippen molar-refractivity contribution < 1.29 is 14.3 Å². The monoisotopic (exact) mass is 496 g/mol. The van der Waals surface area contributed by atoms with Crippen LogP contribution in [-0.4, -0.2) is 60.5 Å². The molecule has 1 aliphatic rings. The number of hydrogen-bond donors (Lipinski definition) is 1. The summed E-state index contributed by atoms with van der Waals surface area (Å²) >= 11 is 0. The van der Waals surface area contributed by atoms with Crippen LogP contribution in [0, 0.1) is 0 Å². The van der Waals surface area contributed by atoms with Crippen LogP contribution in [0.1, 0.15) is 27.5 Å². The third kappa shape index (κ3) is 6.07. The van der Waals surface area contributed by atoms with E-state index in [-0.39, 0.29) is 11.9 Å². The number of ether oxygens (including phenoxy) is 2. The number of carbonyl (C=O) groups excluding carboxylic acids is 1. The van der Waals surface area contributed by atoms with Gasteiger partial charge in [-0.05, 0) is 23.3 Å². The molecule has 3 aromatic carbocycles. The summed E-state index contributed by atoms with van der Waals surface area (Å²) in [5.74, 6) is 0.678. The molecule has 4 aromatic rings. The number of rotatable bonds is 9. The van der Waals surface area contributed by atoms with Crippen molar-refractivity contribution in [1.29, 1.82) is 0 Å². The molecule has 0 bridgehead atoms. The summed E-state index contributed by atoms with van der Waals surface area (Å²) in [7, 11) is 1.66. The summed E-state index contributed by atoms with van der Waals surface area (Å²) in [6.07, 6.45) is 1.85. The molecule has 0 spiro atoms. The van der Waals surface area contributed by atoms with Gasteiger partial charge in [-0.2, -0.15) is 5.10 Å². The number of nitrogens with zero attached hydrogens (tertiary/aromatic N) is 3. The maximum Gasteiger partial charge on any atom is 0.255 e. The average Bonchev–Trinajstić information content (AvgIpc) is 3.39. The Morgan fingerprint density at radius 3 is 2.32 bits per heavy atom. The molecule has 1 fully saturated rings. The molecule has 0 saturated carbocycles. The zero-order chi connectivity index (χ0) is 25.5. The fourth-order valence-corrected chi connectivity index (χ4v) is 4.71. The van der Waals surface area contributed by atoms with Crippen LogP contribution in [-0.2, 0) is 11.3 Å². The average molecular weight is 497 g/mol. The van der Waals surface area contributed by atoms with Gasteiger partial charge < -0.3 is 14.8 Å². The first-order valence-electron chi connectivity index (χ1n) is 12.6. The van der Waals surface area contributed by atoms with E-state index < -0.39 is 0 Å². The maximum absolute atomic E-state index is 13.6. The molecule has 0 aliphatic carbocycles. The SMILES string of the molecule is COc1ccc([C@@H](CNC(=O)c2cn(Cc3ccccc3)nc2-c2ccccc2)N2CCOCC2)cc1. The van der Waals surface area contributed by atoms with Gasteiger partial charge in [0.2, 0.25) is 0 Å². The third-order valence-corrected chi connectivity index (χ3v) is 6.68. The maximum atomic E-state index is 13.6. The van der Waals surface area contributed by atoms with Gasteiger partial charge in [0.25, 0.3) is 5.91 Å². The minimum absolute atomic E-state index is 0.0262. The zero-order valence-electron chi connectivity index (χ0n) is 21.0. The second-order valence-corrected chi connectivity index (χ2v) is 9.09. The van der Waals surface area contributed by atoms with Crippen LogP contribution in [0.2, 0.25) is 0 Å². The van der Waals surface area contributed by atoms with Gasteiger partial charge in [0.1, 0.15) is 11.4 Å². The van der Waals surface area contributed by atoms with Gasteiger partial charge in [0.15, 0.2) is 0 Å². The lowest BCUT2D eigenvalue weighted by atomic mass is 10.0. The van der Waals surface area contributed by atoms with Crippen LogP contribution in [0.5, 0.6) is 5.75 Å². The number of aromatic nitrogens is 2. The Hall–Kier alpha value is -3.94. The lowest BCUT2D eigenvalue weighted by Crippen LogP contribution is -2.43. The largest absolute Gasteiger partial charge is 0.497 e. The Kier molecular flexibility index (Phi) is 7.93. The van der Waals surface area contributed by atoms with Gasteiger partial charge in [0, 0.05) is 31.4 Å². The lowest BCUT2D eigenvalue weighted by molar-refractivity contribution is 0.0162. The van der Waals surface area contributed by atoms with Crippen molar-refractivity contribution in [2.75, 3.05) is 40.0 Å². The van der Waals surface area contributed by atoms with Crippen LogP contribution in [0.25, 0.3) is 11.3 Å². The summed E-state index contributed by atoms with van der Waals surface area (Å²) < 4.78 is 12.8. The van der Waals surface area contributed by atoms with Crippen LogP contribution in [0.3, 0.4) is 0 Å². The molecule has 1 atom stereocenters. The second-order valence-electron chi connectivity index (χ2n) is 9.09. The number of methoxy groups -OCH3 is 1. The van der Waals surface area contributed by atoms with Gasteiger partial charge in [-0.15, -0.1) is 0 Å². The minimum Gasteiger partial charge on any atom is -0.497 e. The Labute approximate surface area is 217 Å². The number of nitrogens with one attached hydrogen (secondary N) is 1.